The summed E-state index contributed by atoms with van der Waals surface area (Å²) < 4.78 is 28.8. The number of nitrogens with two attached hydrogens (primary N) is 1. The van der Waals surface area contributed by atoms with Crippen molar-refractivity contribution in [3.05, 3.63) is 29.3 Å². The van der Waals surface area contributed by atoms with E-state index in [0.717, 1.165) is 17.5 Å². The topological polar surface area (TPSA) is 35.2 Å². The minimum absolute atomic E-state index is 0.273. The Bertz CT molecular complexity index is 381. The maximum atomic E-state index is 12.1. The van der Waals surface area contributed by atoms with E-state index < -0.39 is 6.61 Å². The van der Waals surface area contributed by atoms with Crippen LogP contribution in [0.25, 0.3) is 0 Å². The van der Waals surface area contributed by atoms with E-state index in [-0.39, 0.29) is 5.75 Å². The van der Waals surface area contributed by atoms with Crippen LogP contribution in [0.2, 0.25) is 0 Å². The van der Waals surface area contributed by atoms with Gasteiger partial charge in [0.25, 0.3) is 0 Å². The van der Waals surface area contributed by atoms with Crippen LogP contribution in [0.1, 0.15) is 23.5 Å². The summed E-state index contributed by atoms with van der Waals surface area (Å²) in [6.07, 6.45) is 1.05. The maximum absolute atomic E-state index is 12.1. The fraction of sp³-hybridized carbons (Fsp3) is 0.500. The van der Waals surface area contributed by atoms with E-state index in [1.807, 2.05) is 12.1 Å². The molecule has 1 aromatic rings. The van der Waals surface area contributed by atoms with Gasteiger partial charge in [-0.3, -0.25) is 0 Å². The van der Waals surface area contributed by atoms with E-state index in [0.29, 0.717) is 18.4 Å². The monoisotopic (exact) mass is 227 g/mol. The van der Waals surface area contributed by atoms with E-state index in [9.17, 15) is 8.78 Å². The highest BCUT2D eigenvalue weighted by Crippen LogP contribution is 2.47. The third-order valence-corrected chi connectivity index (χ3v) is 3.08. The molecule has 2 rings (SSSR count). The molecule has 0 saturated heterocycles. The van der Waals surface area contributed by atoms with Crippen LogP contribution in [0, 0.1) is 12.8 Å². The van der Waals surface area contributed by atoms with Gasteiger partial charge in [0, 0.05) is 0 Å². The van der Waals surface area contributed by atoms with Crippen molar-refractivity contribution in [3.8, 4) is 5.75 Å². The normalized spacial score (nSPS) is 23.6. The van der Waals surface area contributed by atoms with Gasteiger partial charge in [0.15, 0.2) is 0 Å². The third-order valence-electron chi connectivity index (χ3n) is 3.08. The van der Waals surface area contributed by atoms with Crippen molar-refractivity contribution in [1.29, 1.82) is 0 Å². The SMILES string of the molecule is Cc1ccc(C2CC2CN)cc1OC(F)F. The molecule has 1 aliphatic rings. The largest absolute Gasteiger partial charge is 0.435 e. The van der Waals surface area contributed by atoms with Gasteiger partial charge in [0.2, 0.25) is 0 Å². The highest BCUT2D eigenvalue weighted by atomic mass is 19.3. The molecule has 2 N–H and O–H groups in total. The molecule has 1 saturated carbocycles. The minimum atomic E-state index is -2.77. The molecule has 0 amide bonds. The zero-order chi connectivity index (χ0) is 11.7. The summed E-state index contributed by atoms with van der Waals surface area (Å²) in [6.45, 7) is -0.350. The molecule has 2 unspecified atom stereocenters. The molecular formula is C12H15F2NO. The summed E-state index contributed by atoms with van der Waals surface area (Å²) in [5.41, 5.74) is 7.34. The first kappa shape index (κ1) is 11.3. The van der Waals surface area contributed by atoms with Gasteiger partial charge >= 0.3 is 6.61 Å². The lowest BCUT2D eigenvalue weighted by molar-refractivity contribution is -0.0503. The zero-order valence-corrected chi connectivity index (χ0v) is 9.12. The highest BCUT2D eigenvalue weighted by Gasteiger charge is 2.37. The molecule has 2 atom stereocenters. The predicted molar refractivity (Wildman–Crippen MR) is 57.7 cm³/mol. The predicted octanol–water partition coefficient (Wildman–Crippen LogP) is 2.66. The van der Waals surface area contributed by atoms with Crippen molar-refractivity contribution >= 4 is 0 Å². The fourth-order valence-corrected chi connectivity index (χ4v) is 1.99. The molecule has 88 valence electrons. The molecule has 0 aliphatic heterocycles. The van der Waals surface area contributed by atoms with Gasteiger partial charge in [-0.2, -0.15) is 8.78 Å². The number of ether oxygens (including phenoxy) is 1. The average Bonchev–Trinajstić information content (AvgIpc) is 3.00. The van der Waals surface area contributed by atoms with Gasteiger partial charge in [-0.25, -0.2) is 0 Å². The fourth-order valence-electron chi connectivity index (χ4n) is 1.99. The number of hydrogen-bond acceptors (Lipinski definition) is 2. The Labute approximate surface area is 93.4 Å². The quantitative estimate of drug-likeness (QED) is 0.858. The van der Waals surface area contributed by atoms with Crippen LogP contribution in [0.3, 0.4) is 0 Å². The third kappa shape index (κ3) is 2.32. The lowest BCUT2D eigenvalue weighted by Gasteiger charge is -2.09. The molecule has 0 bridgehead atoms. The van der Waals surface area contributed by atoms with E-state index in [1.165, 1.54) is 0 Å². The molecule has 1 aromatic carbocycles. The van der Waals surface area contributed by atoms with Gasteiger partial charge in [-0.05, 0) is 48.9 Å². The second kappa shape index (κ2) is 4.37. The number of hydrogen-bond donors (Lipinski definition) is 1. The van der Waals surface area contributed by atoms with Crippen molar-refractivity contribution in [2.75, 3.05) is 6.54 Å². The van der Waals surface area contributed by atoms with Crippen molar-refractivity contribution in [1.82, 2.24) is 0 Å². The summed E-state index contributed by atoms with van der Waals surface area (Å²) in [5, 5.41) is 0. The second-order valence-corrected chi connectivity index (χ2v) is 4.24. The lowest BCUT2D eigenvalue weighted by atomic mass is 10.1. The Morgan fingerprint density at radius 2 is 2.25 bits per heavy atom. The van der Waals surface area contributed by atoms with Crippen LogP contribution >= 0.6 is 0 Å². The average molecular weight is 227 g/mol. The van der Waals surface area contributed by atoms with Crippen LogP contribution in [0.5, 0.6) is 5.75 Å². The maximum Gasteiger partial charge on any atom is 0.387 e. The lowest BCUT2D eigenvalue weighted by Crippen LogP contribution is -2.04. The van der Waals surface area contributed by atoms with Crippen molar-refractivity contribution in [3.63, 3.8) is 0 Å². The van der Waals surface area contributed by atoms with E-state index in [2.05, 4.69) is 4.74 Å². The Hall–Kier alpha value is -1.16. The van der Waals surface area contributed by atoms with Crippen LogP contribution in [-0.4, -0.2) is 13.2 Å². The summed E-state index contributed by atoms with van der Waals surface area (Å²) in [6, 6.07) is 5.49. The minimum Gasteiger partial charge on any atom is -0.435 e. The Morgan fingerprint density at radius 3 is 2.81 bits per heavy atom. The van der Waals surface area contributed by atoms with Gasteiger partial charge < -0.3 is 10.5 Å². The number of benzene rings is 1. The van der Waals surface area contributed by atoms with Crippen molar-refractivity contribution in [2.24, 2.45) is 11.7 Å². The number of aryl methyl sites for hydroxylation is 1. The molecule has 1 fully saturated rings. The standard InChI is InChI=1S/C12H15F2NO/c1-7-2-3-8(10-4-9(10)6-15)5-11(7)16-12(13)14/h2-3,5,9-10,12H,4,6,15H2,1H3. The van der Waals surface area contributed by atoms with Crippen molar-refractivity contribution in [2.45, 2.75) is 25.9 Å². The van der Waals surface area contributed by atoms with E-state index in [1.54, 1.807) is 13.0 Å². The molecule has 2 nitrogen and oxygen atoms in total. The van der Waals surface area contributed by atoms with Gasteiger partial charge in [0.05, 0.1) is 0 Å². The Balaban J connectivity index is 2.16. The second-order valence-electron chi connectivity index (χ2n) is 4.24. The molecule has 0 radical (unpaired) electrons. The molecule has 4 heteroatoms. The number of alkyl halides is 2. The van der Waals surface area contributed by atoms with Gasteiger partial charge in [0.1, 0.15) is 5.75 Å². The highest BCUT2D eigenvalue weighted by molar-refractivity contribution is 5.40. The van der Waals surface area contributed by atoms with E-state index >= 15 is 0 Å². The molecule has 1 aliphatic carbocycles. The van der Waals surface area contributed by atoms with Crippen LogP contribution in [0.15, 0.2) is 18.2 Å². The Morgan fingerprint density at radius 1 is 1.50 bits per heavy atom. The Kier molecular flexibility index (Phi) is 3.10. The summed E-state index contributed by atoms with van der Waals surface area (Å²) in [7, 11) is 0. The first-order valence-corrected chi connectivity index (χ1v) is 5.37. The molecule has 16 heavy (non-hydrogen) atoms. The summed E-state index contributed by atoms with van der Waals surface area (Å²) >= 11 is 0. The molecular weight excluding hydrogens is 212 g/mol. The summed E-state index contributed by atoms with van der Waals surface area (Å²) in [5.74, 6) is 1.20. The zero-order valence-electron chi connectivity index (χ0n) is 9.12. The van der Waals surface area contributed by atoms with Gasteiger partial charge in [-0.1, -0.05) is 12.1 Å². The first-order valence-electron chi connectivity index (χ1n) is 5.37. The van der Waals surface area contributed by atoms with E-state index in [4.69, 9.17) is 5.73 Å². The molecule has 0 aromatic heterocycles. The number of rotatable bonds is 4. The van der Waals surface area contributed by atoms with Gasteiger partial charge in [-0.15, -0.1) is 0 Å². The summed E-state index contributed by atoms with van der Waals surface area (Å²) in [4.78, 5) is 0. The number of halogens is 2. The van der Waals surface area contributed by atoms with Crippen molar-refractivity contribution < 1.29 is 13.5 Å². The van der Waals surface area contributed by atoms with Crippen LogP contribution in [0.4, 0.5) is 8.78 Å². The van der Waals surface area contributed by atoms with Crippen LogP contribution in [-0.2, 0) is 0 Å². The smallest absolute Gasteiger partial charge is 0.387 e. The molecule has 0 spiro atoms. The van der Waals surface area contributed by atoms with Crippen LogP contribution < -0.4 is 10.5 Å². The first-order chi connectivity index (χ1) is 7.61. The molecule has 0 heterocycles.